The van der Waals surface area contributed by atoms with E-state index in [0.717, 1.165) is 22.7 Å². The average molecular weight is 466 g/mol. The van der Waals surface area contributed by atoms with Crippen LogP contribution in [0, 0.1) is 13.8 Å². The first-order valence-electron chi connectivity index (χ1n) is 10.3. The lowest BCUT2D eigenvalue weighted by Crippen LogP contribution is -2.15. The van der Waals surface area contributed by atoms with Gasteiger partial charge in [0.2, 0.25) is 0 Å². The predicted octanol–water partition coefficient (Wildman–Crippen LogP) is 4.70. The first-order valence-corrected chi connectivity index (χ1v) is 10.7. The number of carbonyl (C=O) groups excluding carboxylic acids is 1. The van der Waals surface area contributed by atoms with E-state index >= 15 is 0 Å². The summed E-state index contributed by atoms with van der Waals surface area (Å²) in [5.74, 6) is 1.14. The van der Waals surface area contributed by atoms with Crippen LogP contribution in [0.1, 0.15) is 27.4 Å². The number of hydrogen-bond acceptors (Lipinski definition) is 5. The Kier molecular flexibility index (Phi) is 6.65. The minimum Gasteiger partial charge on any atom is -0.497 e. The van der Waals surface area contributed by atoms with Crippen LogP contribution in [-0.4, -0.2) is 32.6 Å². The number of amides is 1. The molecule has 0 fully saturated rings. The minimum absolute atomic E-state index is 0.172. The molecule has 33 heavy (non-hydrogen) atoms. The molecule has 0 spiro atoms. The van der Waals surface area contributed by atoms with Gasteiger partial charge in [0, 0.05) is 11.2 Å². The third kappa shape index (κ3) is 5.35. The maximum atomic E-state index is 12.8. The fraction of sp³-hybridized carbons (Fsp3) is 0.208. The first kappa shape index (κ1) is 22.4. The van der Waals surface area contributed by atoms with Crippen molar-refractivity contribution in [3.8, 4) is 11.5 Å². The number of nitrogens with one attached hydrogen (secondary N) is 1. The summed E-state index contributed by atoms with van der Waals surface area (Å²) in [4.78, 5) is 12.8. The number of carbonyl (C=O) groups is 1. The number of ether oxygens (including phenoxy) is 2. The normalized spacial score (nSPS) is 10.8. The molecule has 0 saturated carbocycles. The Morgan fingerprint density at radius 3 is 2.61 bits per heavy atom. The van der Waals surface area contributed by atoms with E-state index in [9.17, 15) is 4.79 Å². The summed E-state index contributed by atoms with van der Waals surface area (Å²) in [6.45, 7) is 4.53. The van der Waals surface area contributed by atoms with Crippen LogP contribution < -0.4 is 14.8 Å². The Balaban J connectivity index is 1.41. The number of anilines is 1. The Hall–Kier alpha value is -3.78. The van der Waals surface area contributed by atoms with Crippen LogP contribution >= 0.6 is 11.6 Å². The Bertz CT molecular complexity index is 1260. The lowest BCUT2D eigenvalue weighted by atomic mass is 10.2. The number of aromatic nitrogens is 4. The van der Waals surface area contributed by atoms with E-state index in [2.05, 4.69) is 15.5 Å². The van der Waals surface area contributed by atoms with Crippen LogP contribution in [0.2, 0.25) is 5.02 Å². The molecule has 0 aliphatic carbocycles. The second kappa shape index (κ2) is 9.79. The van der Waals surface area contributed by atoms with E-state index in [-0.39, 0.29) is 18.3 Å². The molecule has 0 aliphatic heterocycles. The van der Waals surface area contributed by atoms with Gasteiger partial charge >= 0.3 is 0 Å². The van der Waals surface area contributed by atoms with Crippen LogP contribution in [0.4, 0.5) is 5.69 Å². The van der Waals surface area contributed by atoms with Crippen molar-refractivity contribution in [2.24, 2.45) is 0 Å². The van der Waals surface area contributed by atoms with Gasteiger partial charge in [-0.2, -0.15) is 10.2 Å². The number of methoxy groups -OCH3 is 1. The van der Waals surface area contributed by atoms with Gasteiger partial charge in [0.05, 0.1) is 30.7 Å². The molecular weight excluding hydrogens is 442 g/mol. The molecule has 0 aliphatic rings. The van der Waals surface area contributed by atoms with Crippen molar-refractivity contribution in [3.63, 3.8) is 0 Å². The second-order valence-corrected chi connectivity index (χ2v) is 7.91. The molecule has 170 valence electrons. The Labute approximate surface area is 196 Å². The maximum absolute atomic E-state index is 12.8. The highest BCUT2D eigenvalue weighted by atomic mass is 35.5. The Morgan fingerprint density at radius 2 is 1.85 bits per heavy atom. The van der Waals surface area contributed by atoms with Gasteiger partial charge < -0.3 is 14.8 Å². The molecule has 4 rings (SSSR count). The SMILES string of the molecule is COc1cccc(Cn2nc(C)c(NC(=O)c3ccn(COc4ccc(Cl)cc4)n3)c2C)c1. The fourth-order valence-electron chi connectivity index (χ4n) is 3.38. The standard InChI is InChI=1S/C24H24ClN5O3/c1-16-23(17(2)30(27-16)14-18-5-4-6-21(13-18)32-3)26-24(31)22-11-12-29(28-22)15-33-20-9-7-19(25)8-10-20/h4-13H,14-15H2,1-3H3,(H,26,31). The van der Waals surface area contributed by atoms with Crippen molar-refractivity contribution in [2.75, 3.05) is 12.4 Å². The second-order valence-electron chi connectivity index (χ2n) is 7.48. The summed E-state index contributed by atoms with van der Waals surface area (Å²) >= 11 is 5.88. The molecule has 8 nitrogen and oxygen atoms in total. The molecule has 1 N–H and O–H groups in total. The number of rotatable bonds is 8. The van der Waals surface area contributed by atoms with Gasteiger partial charge in [-0.1, -0.05) is 23.7 Å². The molecule has 0 bridgehead atoms. The van der Waals surface area contributed by atoms with Crippen molar-refractivity contribution in [1.82, 2.24) is 19.6 Å². The summed E-state index contributed by atoms with van der Waals surface area (Å²) in [5.41, 5.74) is 3.60. The summed E-state index contributed by atoms with van der Waals surface area (Å²) < 4.78 is 14.4. The Morgan fingerprint density at radius 1 is 1.06 bits per heavy atom. The average Bonchev–Trinajstić information content (AvgIpc) is 3.39. The predicted molar refractivity (Wildman–Crippen MR) is 126 cm³/mol. The molecule has 2 aromatic heterocycles. The van der Waals surface area contributed by atoms with Gasteiger partial charge in [-0.05, 0) is 61.9 Å². The van der Waals surface area contributed by atoms with E-state index in [1.165, 1.54) is 0 Å². The minimum atomic E-state index is -0.313. The molecule has 9 heteroatoms. The van der Waals surface area contributed by atoms with Gasteiger partial charge in [0.25, 0.3) is 5.91 Å². The van der Waals surface area contributed by atoms with E-state index in [1.807, 2.05) is 42.8 Å². The van der Waals surface area contributed by atoms with E-state index in [0.29, 0.717) is 23.0 Å². The van der Waals surface area contributed by atoms with E-state index in [1.54, 1.807) is 48.3 Å². The molecule has 2 aromatic carbocycles. The van der Waals surface area contributed by atoms with Gasteiger partial charge in [0.15, 0.2) is 12.4 Å². The zero-order valence-corrected chi connectivity index (χ0v) is 19.3. The van der Waals surface area contributed by atoms with Crippen molar-refractivity contribution in [2.45, 2.75) is 27.1 Å². The number of aryl methyl sites for hydroxylation is 1. The zero-order chi connectivity index (χ0) is 23.4. The smallest absolute Gasteiger partial charge is 0.276 e. The number of benzene rings is 2. The number of hydrogen-bond donors (Lipinski definition) is 1. The van der Waals surface area contributed by atoms with Gasteiger partial charge in [0.1, 0.15) is 11.5 Å². The summed E-state index contributed by atoms with van der Waals surface area (Å²) in [6.07, 6.45) is 1.69. The van der Waals surface area contributed by atoms with Gasteiger partial charge in [-0.3, -0.25) is 9.48 Å². The van der Waals surface area contributed by atoms with Gasteiger partial charge in [-0.15, -0.1) is 0 Å². The monoisotopic (exact) mass is 465 g/mol. The molecule has 0 saturated heterocycles. The lowest BCUT2D eigenvalue weighted by molar-refractivity contribution is 0.102. The van der Waals surface area contributed by atoms with Gasteiger partial charge in [-0.25, -0.2) is 4.68 Å². The van der Waals surface area contributed by atoms with E-state index < -0.39 is 0 Å². The van der Waals surface area contributed by atoms with Crippen LogP contribution in [0.15, 0.2) is 60.8 Å². The summed E-state index contributed by atoms with van der Waals surface area (Å²) in [6, 6.07) is 16.5. The number of halogens is 1. The first-order chi connectivity index (χ1) is 15.9. The molecular formula is C24H24ClN5O3. The summed E-state index contributed by atoms with van der Waals surface area (Å²) in [7, 11) is 1.64. The van der Waals surface area contributed by atoms with Crippen LogP contribution in [0.3, 0.4) is 0 Å². The van der Waals surface area contributed by atoms with Crippen molar-refractivity contribution < 1.29 is 14.3 Å². The quantitative estimate of drug-likeness (QED) is 0.408. The topological polar surface area (TPSA) is 83.2 Å². The number of nitrogens with zero attached hydrogens (tertiary/aromatic N) is 4. The molecule has 0 radical (unpaired) electrons. The highest BCUT2D eigenvalue weighted by Gasteiger charge is 2.17. The highest BCUT2D eigenvalue weighted by Crippen LogP contribution is 2.22. The van der Waals surface area contributed by atoms with Crippen molar-refractivity contribution in [3.05, 3.63) is 88.5 Å². The highest BCUT2D eigenvalue weighted by molar-refractivity contribution is 6.30. The third-order valence-corrected chi connectivity index (χ3v) is 5.39. The molecule has 1 amide bonds. The molecule has 2 heterocycles. The third-order valence-electron chi connectivity index (χ3n) is 5.14. The molecule has 0 unspecified atom stereocenters. The molecule has 4 aromatic rings. The van der Waals surface area contributed by atoms with Crippen molar-refractivity contribution >= 4 is 23.2 Å². The van der Waals surface area contributed by atoms with Crippen LogP contribution in [0.5, 0.6) is 11.5 Å². The van der Waals surface area contributed by atoms with Crippen LogP contribution in [-0.2, 0) is 13.3 Å². The largest absolute Gasteiger partial charge is 0.497 e. The maximum Gasteiger partial charge on any atom is 0.276 e. The summed E-state index contributed by atoms with van der Waals surface area (Å²) in [5, 5.41) is 12.5. The van der Waals surface area contributed by atoms with Crippen LogP contribution in [0.25, 0.3) is 0 Å². The van der Waals surface area contributed by atoms with Crippen molar-refractivity contribution in [1.29, 1.82) is 0 Å². The zero-order valence-electron chi connectivity index (χ0n) is 18.6. The fourth-order valence-corrected chi connectivity index (χ4v) is 3.51. The lowest BCUT2D eigenvalue weighted by Gasteiger charge is -2.08. The molecule has 0 atom stereocenters. The van der Waals surface area contributed by atoms with E-state index in [4.69, 9.17) is 21.1 Å².